The van der Waals surface area contributed by atoms with Crippen LogP contribution in [0.2, 0.25) is 0 Å². The minimum Gasteiger partial charge on any atom is -0.383 e. The van der Waals surface area contributed by atoms with Crippen LogP contribution in [-0.4, -0.2) is 22.6 Å². The number of nitrogens with one attached hydrogen (secondary N) is 3. The number of aliphatic imine (C=N–C) groups is 1. The van der Waals surface area contributed by atoms with Gasteiger partial charge in [-0.2, -0.15) is 5.10 Å². The molecule has 0 saturated carbocycles. The van der Waals surface area contributed by atoms with Crippen molar-refractivity contribution in [2.24, 2.45) is 4.99 Å². The van der Waals surface area contributed by atoms with Gasteiger partial charge < -0.3 is 10.6 Å². The molecule has 2 aliphatic rings. The fourth-order valence-electron chi connectivity index (χ4n) is 2.87. The number of dihydropyridines is 1. The second kappa shape index (κ2) is 5.30. The third-order valence-electron chi connectivity index (χ3n) is 4.09. The first-order chi connectivity index (χ1) is 11.5. The molecule has 7 heteroatoms. The van der Waals surface area contributed by atoms with Crippen LogP contribution in [0.25, 0.3) is 5.57 Å². The molecular formula is C17H15F2N5. The second-order valence-corrected chi connectivity index (χ2v) is 5.80. The van der Waals surface area contributed by atoms with Gasteiger partial charge in [-0.1, -0.05) is 6.07 Å². The minimum atomic E-state index is -0.663. The molecule has 3 N–H and O–H groups in total. The monoisotopic (exact) mass is 327 g/mol. The number of amidine groups is 1. The molecule has 0 fully saturated rings. The van der Waals surface area contributed by atoms with Crippen LogP contribution < -0.4 is 10.6 Å². The topological polar surface area (TPSA) is 65.1 Å². The molecule has 3 heterocycles. The van der Waals surface area contributed by atoms with E-state index in [9.17, 15) is 8.78 Å². The molecular weight excluding hydrogens is 312 g/mol. The summed E-state index contributed by atoms with van der Waals surface area (Å²) in [5, 5.41) is 13.5. The number of halogens is 2. The number of hydrogen-bond acceptors (Lipinski definition) is 4. The van der Waals surface area contributed by atoms with E-state index >= 15 is 0 Å². The molecule has 4 rings (SSSR count). The number of allylic oxidation sites excluding steroid dienone is 3. The first-order valence-corrected chi connectivity index (χ1v) is 7.55. The Labute approximate surface area is 137 Å². The van der Waals surface area contributed by atoms with Gasteiger partial charge in [-0.25, -0.2) is 13.8 Å². The number of H-pyrrole nitrogens is 1. The average molecular weight is 327 g/mol. The van der Waals surface area contributed by atoms with E-state index in [2.05, 4.69) is 25.8 Å². The standard InChI is InChI=1S/C17H15F2N5/c1-8-6-10-13(7-20-8)21-17(14-11(18)4-3-5-12(14)19)22-15-9(2)23-24-16(10)15/h3-6,20H,7H2,1-2H3,(H,21,22)(H,23,24). The van der Waals surface area contributed by atoms with E-state index in [0.29, 0.717) is 17.9 Å². The first-order valence-electron chi connectivity index (χ1n) is 7.55. The number of aromatic nitrogens is 2. The van der Waals surface area contributed by atoms with Crippen LogP contribution in [0, 0.1) is 18.6 Å². The molecule has 1 aromatic carbocycles. The molecule has 0 saturated heterocycles. The largest absolute Gasteiger partial charge is 0.383 e. The van der Waals surface area contributed by atoms with Crippen molar-refractivity contribution >= 4 is 17.1 Å². The van der Waals surface area contributed by atoms with E-state index in [4.69, 9.17) is 0 Å². The Bertz CT molecular complexity index is 916. The highest BCUT2D eigenvalue weighted by atomic mass is 19.1. The molecule has 0 amide bonds. The molecule has 122 valence electrons. The van der Waals surface area contributed by atoms with Gasteiger partial charge in [-0.15, -0.1) is 0 Å². The van der Waals surface area contributed by atoms with Crippen molar-refractivity contribution in [3.05, 3.63) is 64.3 Å². The zero-order chi connectivity index (χ0) is 16.8. The molecule has 0 unspecified atom stereocenters. The SMILES string of the molecule is CC1=CC2=C(CN1)NC(c1c(F)cccc1F)=Nc1c2n[nH]c1C. The van der Waals surface area contributed by atoms with Crippen molar-refractivity contribution in [3.8, 4) is 0 Å². The van der Waals surface area contributed by atoms with Gasteiger partial charge in [-0.05, 0) is 32.1 Å². The summed E-state index contributed by atoms with van der Waals surface area (Å²) in [7, 11) is 0. The van der Waals surface area contributed by atoms with Crippen molar-refractivity contribution in [1.82, 2.24) is 20.8 Å². The molecule has 0 atom stereocenters. The molecule has 0 bridgehead atoms. The van der Waals surface area contributed by atoms with Gasteiger partial charge in [0, 0.05) is 17.0 Å². The summed E-state index contributed by atoms with van der Waals surface area (Å²) >= 11 is 0. The van der Waals surface area contributed by atoms with Crippen LogP contribution in [0.15, 0.2) is 40.7 Å². The lowest BCUT2D eigenvalue weighted by atomic mass is 10.0. The fourth-order valence-corrected chi connectivity index (χ4v) is 2.87. The third-order valence-corrected chi connectivity index (χ3v) is 4.09. The van der Waals surface area contributed by atoms with Gasteiger partial charge in [-0.3, -0.25) is 5.10 Å². The summed E-state index contributed by atoms with van der Waals surface area (Å²) in [5.41, 5.74) is 4.43. The molecule has 0 spiro atoms. The summed E-state index contributed by atoms with van der Waals surface area (Å²) in [4.78, 5) is 4.47. The van der Waals surface area contributed by atoms with E-state index in [0.717, 1.165) is 22.7 Å². The number of aromatic amines is 1. The maximum atomic E-state index is 14.2. The summed E-state index contributed by atoms with van der Waals surface area (Å²) in [5.74, 6) is -1.19. The normalized spacial score (nSPS) is 16.3. The van der Waals surface area contributed by atoms with Gasteiger partial charge >= 0.3 is 0 Å². The maximum Gasteiger partial charge on any atom is 0.144 e. The smallest absolute Gasteiger partial charge is 0.144 e. The number of benzene rings is 1. The summed E-state index contributed by atoms with van der Waals surface area (Å²) in [6.07, 6.45) is 1.95. The highest BCUT2D eigenvalue weighted by molar-refractivity contribution is 6.05. The minimum absolute atomic E-state index is 0.135. The molecule has 24 heavy (non-hydrogen) atoms. The van der Waals surface area contributed by atoms with Gasteiger partial charge in [0.1, 0.15) is 28.9 Å². The van der Waals surface area contributed by atoms with E-state index in [1.54, 1.807) is 0 Å². The predicted molar refractivity (Wildman–Crippen MR) is 87.7 cm³/mol. The van der Waals surface area contributed by atoms with E-state index in [1.807, 2.05) is 19.9 Å². The first kappa shape index (κ1) is 14.6. The van der Waals surface area contributed by atoms with Gasteiger partial charge in [0.25, 0.3) is 0 Å². The second-order valence-electron chi connectivity index (χ2n) is 5.80. The number of hydrogen-bond donors (Lipinski definition) is 3. The summed E-state index contributed by atoms with van der Waals surface area (Å²) < 4.78 is 28.5. The molecule has 0 aliphatic carbocycles. The average Bonchev–Trinajstić information content (AvgIpc) is 2.81. The Morgan fingerprint density at radius 3 is 2.62 bits per heavy atom. The Kier molecular flexibility index (Phi) is 3.23. The quantitative estimate of drug-likeness (QED) is 0.754. The zero-order valence-electron chi connectivity index (χ0n) is 13.2. The van der Waals surface area contributed by atoms with Crippen molar-refractivity contribution in [2.75, 3.05) is 6.54 Å². The Balaban J connectivity index is 1.96. The van der Waals surface area contributed by atoms with Crippen molar-refractivity contribution in [1.29, 1.82) is 0 Å². The lowest BCUT2D eigenvalue weighted by Crippen LogP contribution is -2.33. The lowest BCUT2D eigenvalue weighted by Gasteiger charge is -2.20. The Morgan fingerprint density at radius 1 is 1.12 bits per heavy atom. The summed E-state index contributed by atoms with van der Waals surface area (Å²) in [6, 6.07) is 3.77. The van der Waals surface area contributed by atoms with Crippen LogP contribution in [0.4, 0.5) is 14.5 Å². The molecule has 2 aromatic rings. The maximum absolute atomic E-state index is 14.2. The van der Waals surface area contributed by atoms with Gasteiger partial charge in [0.05, 0.1) is 17.8 Å². The number of fused-ring (bicyclic) bond motifs is 2. The number of rotatable bonds is 1. The molecule has 1 aromatic heterocycles. The fraction of sp³-hybridized carbons (Fsp3) is 0.176. The van der Waals surface area contributed by atoms with E-state index < -0.39 is 11.6 Å². The number of nitrogens with zero attached hydrogens (tertiary/aromatic N) is 2. The van der Waals surface area contributed by atoms with Crippen molar-refractivity contribution < 1.29 is 8.78 Å². The third kappa shape index (κ3) is 2.20. The van der Waals surface area contributed by atoms with Crippen LogP contribution in [0.5, 0.6) is 0 Å². The van der Waals surface area contributed by atoms with Gasteiger partial charge in [0.15, 0.2) is 0 Å². The molecule has 0 radical (unpaired) electrons. The van der Waals surface area contributed by atoms with E-state index in [1.165, 1.54) is 18.2 Å². The number of aryl methyl sites for hydroxylation is 1. The lowest BCUT2D eigenvalue weighted by molar-refractivity contribution is 0.577. The van der Waals surface area contributed by atoms with Crippen LogP contribution in [0.3, 0.4) is 0 Å². The Hall–Kier alpha value is -2.96. The highest BCUT2D eigenvalue weighted by Crippen LogP contribution is 2.34. The highest BCUT2D eigenvalue weighted by Gasteiger charge is 2.26. The molecule has 5 nitrogen and oxygen atoms in total. The van der Waals surface area contributed by atoms with Crippen LogP contribution >= 0.6 is 0 Å². The Morgan fingerprint density at radius 2 is 1.88 bits per heavy atom. The van der Waals surface area contributed by atoms with Gasteiger partial charge in [0.2, 0.25) is 0 Å². The zero-order valence-corrected chi connectivity index (χ0v) is 13.2. The van der Waals surface area contributed by atoms with Crippen LogP contribution in [-0.2, 0) is 0 Å². The van der Waals surface area contributed by atoms with Crippen molar-refractivity contribution in [3.63, 3.8) is 0 Å². The summed E-state index contributed by atoms with van der Waals surface area (Å²) in [6.45, 7) is 4.28. The van der Waals surface area contributed by atoms with Crippen LogP contribution in [0.1, 0.15) is 23.9 Å². The van der Waals surface area contributed by atoms with Crippen molar-refractivity contribution in [2.45, 2.75) is 13.8 Å². The molecule has 2 aliphatic heterocycles. The predicted octanol–water partition coefficient (Wildman–Crippen LogP) is 2.90. The van der Waals surface area contributed by atoms with E-state index in [-0.39, 0.29) is 11.4 Å².